The molecule has 0 fully saturated rings. The largest absolute Gasteiger partial charge is 0.486 e. The molecule has 0 atom stereocenters. The average Bonchev–Trinajstić information content (AvgIpc) is 3.06. The van der Waals surface area contributed by atoms with E-state index in [-0.39, 0.29) is 30.9 Å². The molecule has 0 aliphatic heterocycles. The van der Waals surface area contributed by atoms with E-state index in [0.717, 1.165) is 4.47 Å². The predicted molar refractivity (Wildman–Crippen MR) is 95.4 cm³/mol. The second-order valence-corrected chi connectivity index (χ2v) is 6.53. The first-order valence-electron chi connectivity index (χ1n) is 7.75. The number of furan rings is 1. The molecule has 2 aromatic rings. The van der Waals surface area contributed by atoms with Gasteiger partial charge in [0.15, 0.2) is 5.76 Å². The average molecular weight is 410 g/mol. The van der Waals surface area contributed by atoms with Gasteiger partial charge in [0.1, 0.15) is 24.7 Å². The van der Waals surface area contributed by atoms with E-state index in [0.29, 0.717) is 11.5 Å². The van der Waals surface area contributed by atoms with Crippen LogP contribution in [0.25, 0.3) is 0 Å². The molecule has 0 aliphatic rings. The summed E-state index contributed by atoms with van der Waals surface area (Å²) in [5.74, 6) is 0.518. The van der Waals surface area contributed by atoms with Crippen molar-refractivity contribution in [3.05, 3.63) is 52.4 Å². The number of rotatable bonds is 7. The van der Waals surface area contributed by atoms with Crippen LogP contribution < -0.4 is 4.74 Å². The lowest BCUT2D eigenvalue weighted by atomic mass is 10.2. The molecule has 0 saturated heterocycles. The van der Waals surface area contributed by atoms with Gasteiger partial charge in [-0.3, -0.25) is 9.59 Å². The van der Waals surface area contributed by atoms with Crippen LogP contribution in [-0.2, 0) is 16.1 Å². The molecule has 7 heteroatoms. The van der Waals surface area contributed by atoms with Crippen LogP contribution in [0.3, 0.4) is 0 Å². The third-order valence-corrected chi connectivity index (χ3v) is 3.95. The molecule has 25 heavy (non-hydrogen) atoms. The van der Waals surface area contributed by atoms with Gasteiger partial charge in [-0.15, -0.1) is 0 Å². The number of carbonyl (C=O) groups excluding carboxylic acids is 2. The number of hydrogen-bond acceptors (Lipinski definition) is 5. The Morgan fingerprint density at radius 1 is 1.24 bits per heavy atom. The van der Waals surface area contributed by atoms with Crippen molar-refractivity contribution in [1.82, 2.24) is 4.90 Å². The standard InChI is InChI=1S/C18H20BrNO5/c1-12(2)20(10-17(21)23-3)18(22)16-8-7-15(25-16)11-24-14-6-4-5-13(19)9-14/h4-9,12H,10-11H2,1-3H3. The summed E-state index contributed by atoms with van der Waals surface area (Å²) in [5.41, 5.74) is 0. The Balaban J connectivity index is 2.03. The SMILES string of the molecule is COC(=O)CN(C(=O)c1ccc(COc2cccc(Br)c2)o1)C(C)C. The summed E-state index contributed by atoms with van der Waals surface area (Å²) in [5, 5.41) is 0. The number of hydrogen-bond donors (Lipinski definition) is 0. The highest BCUT2D eigenvalue weighted by Crippen LogP contribution is 2.20. The fourth-order valence-corrected chi connectivity index (χ4v) is 2.49. The van der Waals surface area contributed by atoms with Crippen molar-refractivity contribution in [2.75, 3.05) is 13.7 Å². The summed E-state index contributed by atoms with van der Waals surface area (Å²) in [4.78, 5) is 25.4. The van der Waals surface area contributed by atoms with Gasteiger partial charge in [-0.2, -0.15) is 0 Å². The second-order valence-electron chi connectivity index (χ2n) is 5.61. The third kappa shape index (κ3) is 5.35. The minimum absolute atomic E-state index is 0.127. The van der Waals surface area contributed by atoms with Crippen LogP contribution >= 0.6 is 15.9 Å². The molecule has 0 unspecified atom stereocenters. The smallest absolute Gasteiger partial charge is 0.325 e. The monoisotopic (exact) mass is 409 g/mol. The first-order chi connectivity index (χ1) is 11.9. The van der Waals surface area contributed by atoms with Crippen molar-refractivity contribution >= 4 is 27.8 Å². The molecule has 0 spiro atoms. The quantitative estimate of drug-likeness (QED) is 0.652. The zero-order chi connectivity index (χ0) is 18.4. The lowest BCUT2D eigenvalue weighted by Crippen LogP contribution is -2.40. The van der Waals surface area contributed by atoms with E-state index < -0.39 is 5.97 Å². The second kappa shape index (κ2) is 8.71. The van der Waals surface area contributed by atoms with Crippen molar-refractivity contribution in [3.63, 3.8) is 0 Å². The fraction of sp³-hybridized carbons (Fsp3) is 0.333. The molecule has 134 valence electrons. The van der Waals surface area contributed by atoms with E-state index in [1.165, 1.54) is 12.0 Å². The molecule has 1 amide bonds. The van der Waals surface area contributed by atoms with E-state index in [9.17, 15) is 9.59 Å². The maximum atomic E-state index is 12.5. The van der Waals surface area contributed by atoms with Gasteiger partial charge in [0, 0.05) is 10.5 Å². The summed E-state index contributed by atoms with van der Waals surface area (Å²) >= 11 is 3.38. The van der Waals surface area contributed by atoms with Gasteiger partial charge in [0.2, 0.25) is 0 Å². The number of methoxy groups -OCH3 is 1. The van der Waals surface area contributed by atoms with Gasteiger partial charge in [-0.1, -0.05) is 22.0 Å². The van der Waals surface area contributed by atoms with Crippen LogP contribution in [0.4, 0.5) is 0 Å². The number of amides is 1. The molecular formula is C18H20BrNO5. The van der Waals surface area contributed by atoms with E-state index in [1.807, 2.05) is 38.1 Å². The molecule has 0 N–H and O–H groups in total. The first-order valence-corrected chi connectivity index (χ1v) is 8.55. The van der Waals surface area contributed by atoms with E-state index in [2.05, 4.69) is 20.7 Å². The van der Waals surface area contributed by atoms with Crippen LogP contribution in [0.5, 0.6) is 5.75 Å². The lowest BCUT2D eigenvalue weighted by molar-refractivity contribution is -0.141. The molecule has 2 rings (SSSR count). The number of carbonyl (C=O) groups is 2. The molecule has 6 nitrogen and oxygen atoms in total. The van der Waals surface area contributed by atoms with Crippen LogP contribution in [0.1, 0.15) is 30.2 Å². The van der Waals surface area contributed by atoms with Crippen molar-refractivity contribution in [2.45, 2.75) is 26.5 Å². The molecule has 1 aromatic heterocycles. The van der Waals surface area contributed by atoms with E-state index in [4.69, 9.17) is 9.15 Å². The molecule has 0 aliphatic carbocycles. The van der Waals surface area contributed by atoms with E-state index >= 15 is 0 Å². The molecular weight excluding hydrogens is 390 g/mol. The Morgan fingerprint density at radius 3 is 2.64 bits per heavy atom. The lowest BCUT2D eigenvalue weighted by Gasteiger charge is -2.24. The summed E-state index contributed by atoms with van der Waals surface area (Å²) < 4.78 is 16.7. The Morgan fingerprint density at radius 2 is 2.00 bits per heavy atom. The van der Waals surface area contributed by atoms with Crippen LogP contribution in [0.2, 0.25) is 0 Å². The predicted octanol–water partition coefficient (Wildman–Crippen LogP) is 3.64. The maximum Gasteiger partial charge on any atom is 0.325 e. The van der Waals surface area contributed by atoms with Gasteiger partial charge in [0.05, 0.1) is 7.11 Å². The summed E-state index contributed by atoms with van der Waals surface area (Å²) in [6.45, 7) is 3.71. The summed E-state index contributed by atoms with van der Waals surface area (Å²) in [6.07, 6.45) is 0. The van der Waals surface area contributed by atoms with E-state index in [1.54, 1.807) is 12.1 Å². The van der Waals surface area contributed by atoms with Crippen molar-refractivity contribution in [1.29, 1.82) is 0 Å². The highest BCUT2D eigenvalue weighted by molar-refractivity contribution is 9.10. The molecule has 0 bridgehead atoms. The summed E-state index contributed by atoms with van der Waals surface area (Å²) in [7, 11) is 1.29. The number of ether oxygens (including phenoxy) is 2. The first kappa shape index (κ1) is 19.1. The third-order valence-electron chi connectivity index (χ3n) is 3.46. The molecule has 1 heterocycles. The minimum Gasteiger partial charge on any atom is -0.486 e. The molecule has 1 aromatic carbocycles. The minimum atomic E-state index is -0.480. The topological polar surface area (TPSA) is 69.0 Å². The van der Waals surface area contributed by atoms with Gasteiger partial charge in [0.25, 0.3) is 5.91 Å². The van der Waals surface area contributed by atoms with Gasteiger partial charge < -0.3 is 18.8 Å². The highest BCUT2D eigenvalue weighted by Gasteiger charge is 2.24. The Bertz CT molecular complexity index is 741. The van der Waals surface area contributed by atoms with Gasteiger partial charge in [-0.25, -0.2) is 0 Å². The Labute approximate surface area is 154 Å². The molecule has 0 radical (unpaired) electrons. The number of halogens is 1. The molecule has 0 saturated carbocycles. The van der Waals surface area contributed by atoms with Crippen LogP contribution in [0, 0.1) is 0 Å². The number of nitrogens with zero attached hydrogens (tertiary/aromatic N) is 1. The van der Waals surface area contributed by atoms with Crippen LogP contribution in [0.15, 0.2) is 45.3 Å². The van der Waals surface area contributed by atoms with Gasteiger partial charge >= 0.3 is 5.97 Å². The zero-order valence-corrected chi connectivity index (χ0v) is 15.9. The Kier molecular flexibility index (Phi) is 6.64. The van der Waals surface area contributed by atoms with Gasteiger partial charge in [-0.05, 0) is 44.2 Å². The fourth-order valence-electron chi connectivity index (χ4n) is 2.12. The van der Waals surface area contributed by atoms with Crippen molar-refractivity contribution in [3.8, 4) is 5.75 Å². The maximum absolute atomic E-state index is 12.5. The number of benzene rings is 1. The summed E-state index contributed by atoms with van der Waals surface area (Å²) in [6, 6.07) is 10.5. The van der Waals surface area contributed by atoms with Crippen LogP contribution in [-0.4, -0.2) is 36.5 Å². The van der Waals surface area contributed by atoms with Crippen molar-refractivity contribution in [2.24, 2.45) is 0 Å². The Hall–Kier alpha value is -2.28. The normalized spacial score (nSPS) is 10.6. The number of esters is 1. The zero-order valence-electron chi connectivity index (χ0n) is 14.3. The van der Waals surface area contributed by atoms with Crippen molar-refractivity contribution < 1.29 is 23.5 Å². The highest BCUT2D eigenvalue weighted by atomic mass is 79.9.